The van der Waals surface area contributed by atoms with E-state index >= 15 is 0 Å². The minimum absolute atomic E-state index is 0.181. The van der Waals surface area contributed by atoms with Gasteiger partial charge in [-0.1, -0.05) is 36.0 Å². The third-order valence-electron chi connectivity index (χ3n) is 3.53. The lowest BCUT2D eigenvalue weighted by atomic mass is 10.1. The first kappa shape index (κ1) is 15.8. The molecule has 0 aliphatic heterocycles. The molecule has 0 saturated carbocycles. The number of aromatic nitrogens is 4. The van der Waals surface area contributed by atoms with Crippen molar-refractivity contribution in [1.82, 2.24) is 19.7 Å². The van der Waals surface area contributed by atoms with Gasteiger partial charge >= 0.3 is 5.69 Å². The van der Waals surface area contributed by atoms with Gasteiger partial charge in [0.15, 0.2) is 5.16 Å². The molecule has 0 atom stereocenters. The van der Waals surface area contributed by atoms with Crippen LogP contribution >= 0.6 is 11.8 Å². The molecule has 1 aromatic carbocycles. The van der Waals surface area contributed by atoms with Crippen molar-refractivity contribution in [3.8, 4) is 0 Å². The van der Waals surface area contributed by atoms with Gasteiger partial charge in [-0.15, -0.1) is 5.10 Å². The molecule has 23 heavy (non-hydrogen) atoms. The smallest absolute Gasteiger partial charge is 0.343 e. The largest absolute Gasteiger partial charge is 0.385 e. The summed E-state index contributed by atoms with van der Waals surface area (Å²) >= 11 is 1.53. The number of para-hydroxylation sites is 1. The number of fused-ring (bicyclic) bond motifs is 1. The number of ether oxygens (including phenoxy) is 1. The number of thioether (sulfide) groups is 1. The lowest BCUT2D eigenvalue weighted by Gasteiger charge is -2.07. The van der Waals surface area contributed by atoms with Gasteiger partial charge in [-0.2, -0.15) is 0 Å². The van der Waals surface area contributed by atoms with Crippen LogP contribution in [0.25, 0.3) is 10.9 Å². The van der Waals surface area contributed by atoms with Crippen LogP contribution in [0, 0.1) is 0 Å². The maximum atomic E-state index is 11.8. The Labute approximate surface area is 137 Å². The summed E-state index contributed by atoms with van der Waals surface area (Å²) in [4.78, 5) is 16.3. The average Bonchev–Trinajstić information content (AvgIpc) is 2.93. The van der Waals surface area contributed by atoms with Crippen LogP contribution in [0.2, 0.25) is 0 Å². The van der Waals surface area contributed by atoms with Gasteiger partial charge in [0, 0.05) is 37.6 Å². The predicted octanol–water partition coefficient (Wildman–Crippen LogP) is 2.45. The summed E-state index contributed by atoms with van der Waals surface area (Å²) in [5.74, 6) is 0.711. The molecule has 7 heteroatoms. The molecule has 6 nitrogen and oxygen atoms in total. The van der Waals surface area contributed by atoms with Crippen LogP contribution in [0.4, 0.5) is 0 Å². The maximum absolute atomic E-state index is 11.8. The van der Waals surface area contributed by atoms with Crippen LogP contribution in [0.3, 0.4) is 0 Å². The number of benzene rings is 1. The Morgan fingerprint density at radius 1 is 1.30 bits per heavy atom. The summed E-state index contributed by atoms with van der Waals surface area (Å²) in [5, 5.41) is 8.44. The first-order valence-electron chi connectivity index (χ1n) is 7.39. The van der Waals surface area contributed by atoms with Crippen LogP contribution in [-0.4, -0.2) is 33.5 Å². The molecule has 0 bridgehead atoms. The van der Waals surface area contributed by atoms with E-state index in [-0.39, 0.29) is 5.69 Å². The zero-order valence-electron chi connectivity index (χ0n) is 12.9. The van der Waals surface area contributed by atoms with E-state index in [0.717, 1.165) is 22.9 Å². The van der Waals surface area contributed by atoms with Crippen LogP contribution < -0.4 is 5.69 Å². The monoisotopic (exact) mass is 330 g/mol. The van der Waals surface area contributed by atoms with Crippen molar-refractivity contribution in [2.24, 2.45) is 0 Å². The van der Waals surface area contributed by atoms with E-state index in [1.54, 1.807) is 17.9 Å². The number of methoxy groups -OCH3 is 1. The van der Waals surface area contributed by atoms with Crippen LogP contribution in [0.1, 0.15) is 12.0 Å². The molecule has 0 amide bonds. The lowest BCUT2D eigenvalue weighted by molar-refractivity contribution is 0.189. The summed E-state index contributed by atoms with van der Waals surface area (Å²) in [5.41, 5.74) is 1.94. The Morgan fingerprint density at radius 2 is 2.17 bits per heavy atom. The van der Waals surface area contributed by atoms with E-state index in [1.807, 2.05) is 24.3 Å². The van der Waals surface area contributed by atoms with Gasteiger partial charge in [-0.05, 0) is 18.1 Å². The van der Waals surface area contributed by atoms with Crippen molar-refractivity contribution in [2.75, 3.05) is 13.7 Å². The fraction of sp³-hybridized carbons (Fsp3) is 0.312. The molecule has 2 heterocycles. The quantitative estimate of drug-likeness (QED) is 0.532. The van der Waals surface area contributed by atoms with E-state index < -0.39 is 0 Å². The maximum Gasteiger partial charge on any atom is 0.343 e. The molecule has 0 aliphatic carbocycles. The Morgan fingerprint density at radius 3 is 3.04 bits per heavy atom. The minimum atomic E-state index is -0.181. The third kappa shape index (κ3) is 3.62. The van der Waals surface area contributed by atoms with Crippen molar-refractivity contribution in [3.63, 3.8) is 0 Å². The second kappa shape index (κ2) is 7.43. The molecule has 1 N–H and O–H groups in total. The summed E-state index contributed by atoms with van der Waals surface area (Å²) in [6, 6.07) is 10.1. The summed E-state index contributed by atoms with van der Waals surface area (Å²) in [6.45, 7) is 1.22. The summed E-state index contributed by atoms with van der Waals surface area (Å²) < 4.78 is 6.69. The molecule has 3 rings (SSSR count). The Bertz CT molecular complexity index is 838. The second-order valence-corrected chi connectivity index (χ2v) is 6.03. The summed E-state index contributed by atoms with van der Waals surface area (Å²) in [7, 11) is 1.65. The van der Waals surface area contributed by atoms with Gasteiger partial charge in [0.05, 0.1) is 5.52 Å². The number of nitrogens with zero attached hydrogens (tertiary/aromatic N) is 3. The highest BCUT2D eigenvalue weighted by molar-refractivity contribution is 7.98. The lowest BCUT2D eigenvalue weighted by Crippen LogP contribution is -2.18. The fourth-order valence-corrected chi connectivity index (χ4v) is 3.36. The second-order valence-electron chi connectivity index (χ2n) is 5.09. The SMILES string of the molecule is COCCCn1c(SCc2cccc3cccnc23)n[nH]c1=O. The molecule has 0 spiro atoms. The molecule has 0 unspecified atom stereocenters. The standard InChI is InChI=1S/C16H18N4O2S/c1-22-10-4-9-20-15(21)18-19-16(20)23-11-13-6-2-5-12-7-3-8-17-14(12)13/h2-3,5-8H,4,9-11H2,1H3,(H,18,21). The predicted molar refractivity (Wildman–Crippen MR) is 90.6 cm³/mol. The number of nitrogens with one attached hydrogen (secondary N) is 1. The average molecular weight is 330 g/mol. The van der Waals surface area contributed by atoms with Gasteiger partial charge in [0.25, 0.3) is 0 Å². The molecular formula is C16H18N4O2S. The van der Waals surface area contributed by atoms with Crippen LogP contribution in [-0.2, 0) is 17.0 Å². The first-order valence-corrected chi connectivity index (χ1v) is 8.37. The highest BCUT2D eigenvalue weighted by atomic mass is 32.2. The molecule has 0 fully saturated rings. The highest BCUT2D eigenvalue weighted by Crippen LogP contribution is 2.24. The van der Waals surface area contributed by atoms with Crippen molar-refractivity contribution >= 4 is 22.7 Å². The van der Waals surface area contributed by atoms with Crippen LogP contribution in [0.15, 0.2) is 46.5 Å². The summed E-state index contributed by atoms with van der Waals surface area (Å²) in [6.07, 6.45) is 2.57. The number of aromatic amines is 1. The third-order valence-corrected chi connectivity index (χ3v) is 4.55. The molecule has 0 radical (unpaired) electrons. The first-order chi connectivity index (χ1) is 11.3. The fourth-order valence-electron chi connectivity index (χ4n) is 2.40. The Hall–Kier alpha value is -2.12. The number of pyridine rings is 1. The van der Waals surface area contributed by atoms with Crippen molar-refractivity contribution < 1.29 is 4.74 Å². The zero-order valence-corrected chi connectivity index (χ0v) is 13.7. The van der Waals surface area contributed by atoms with Crippen molar-refractivity contribution in [3.05, 3.63) is 52.6 Å². The number of hydrogen-bond acceptors (Lipinski definition) is 5. The van der Waals surface area contributed by atoms with E-state index in [4.69, 9.17) is 4.74 Å². The zero-order chi connectivity index (χ0) is 16.1. The minimum Gasteiger partial charge on any atom is -0.385 e. The molecule has 3 aromatic rings. The van der Waals surface area contributed by atoms with E-state index in [1.165, 1.54) is 11.8 Å². The van der Waals surface area contributed by atoms with Gasteiger partial charge in [-0.3, -0.25) is 9.55 Å². The number of rotatable bonds is 7. The highest BCUT2D eigenvalue weighted by Gasteiger charge is 2.10. The van der Waals surface area contributed by atoms with E-state index in [2.05, 4.69) is 21.2 Å². The molecule has 120 valence electrons. The molecule has 0 aliphatic rings. The van der Waals surface area contributed by atoms with Gasteiger partial charge in [0.1, 0.15) is 0 Å². The van der Waals surface area contributed by atoms with Crippen molar-refractivity contribution in [1.29, 1.82) is 0 Å². The van der Waals surface area contributed by atoms with E-state index in [9.17, 15) is 4.79 Å². The van der Waals surface area contributed by atoms with Gasteiger partial charge in [0.2, 0.25) is 0 Å². The van der Waals surface area contributed by atoms with Gasteiger partial charge < -0.3 is 4.74 Å². The Kier molecular flexibility index (Phi) is 5.09. The van der Waals surface area contributed by atoms with Crippen molar-refractivity contribution in [2.45, 2.75) is 23.9 Å². The van der Waals surface area contributed by atoms with Crippen LogP contribution in [0.5, 0.6) is 0 Å². The van der Waals surface area contributed by atoms with Gasteiger partial charge in [-0.25, -0.2) is 9.89 Å². The molecule has 0 saturated heterocycles. The molecular weight excluding hydrogens is 312 g/mol. The number of H-pyrrole nitrogens is 1. The number of hydrogen-bond donors (Lipinski definition) is 1. The topological polar surface area (TPSA) is 72.8 Å². The van der Waals surface area contributed by atoms with E-state index in [0.29, 0.717) is 24.1 Å². The normalized spacial score (nSPS) is 11.2. The Balaban J connectivity index is 1.76. The molecule has 2 aromatic heterocycles.